The van der Waals surface area contributed by atoms with Crippen molar-refractivity contribution in [2.45, 2.75) is 11.8 Å². The molecule has 0 aliphatic heterocycles. The molecule has 104 valence electrons. The molecule has 3 aromatic rings. The topological polar surface area (TPSA) is 17.1 Å². The Hall–Kier alpha value is -2.06. The SMILES string of the molecule is Cc1cccc(C(=O)CSc2ccc3ccccc3c2)c1. The van der Waals surface area contributed by atoms with Gasteiger partial charge in [0.1, 0.15) is 0 Å². The van der Waals surface area contributed by atoms with E-state index in [9.17, 15) is 4.79 Å². The number of hydrogen-bond donors (Lipinski definition) is 0. The van der Waals surface area contributed by atoms with E-state index >= 15 is 0 Å². The highest BCUT2D eigenvalue weighted by Gasteiger charge is 2.07. The van der Waals surface area contributed by atoms with Gasteiger partial charge in [-0.25, -0.2) is 0 Å². The van der Waals surface area contributed by atoms with Crippen molar-refractivity contribution in [3.05, 3.63) is 77.9 Å². The van der Waals surface area contributed by atoms with Crippen LogP contribution in [0.3, 0.4) is 0 Å². The molecule has 21 heavy (non-hydrogen) atoms. The van der Waals surface area contributed by atoms with Gasteiger partial charge in [0.2, 0.25) is 0 Å². The maximum Gasteiger partial charge on any atom is 0.173 e. The molecule has 0 aliphatic rings. The zero-order valence-corrected chi connectivity index (χ0v) is 12.7. The minimum absolute atomic E-state index is 0.178. The van der Waals surface area contributed by atoms with Gasteiger partial charge in [-0.15, -0.1) is 11.8 Å². The van der Waals surface area contributed by atoms with E-state index < -0.39 is 0 Å². The number of carbonyl (C=O) groups is 1. The van der Waals surface area contributed by atoms with Crippen molar-refractivity contribution >= 4 is 28.3 Å². The average molecular weight is 292 g/mol. The minimum atomic E-state index is 0.178. The largest absolute Gasteiger partial charge is 0.293 e. The minimum Gasteiger partial charge on any atom is -0.293 e. The summed E-state index contributed by atoms with van der Waals surface area (Å²) >= 11 is 1.59. The van der Waals surface area contributed by atoms with Crippen LogP contribution in [0.5, 0.6) is 0 Å². The molecule has 0 heterocycles. The van der Waals surface area contributed by atoms with E-state index in [0.29, 0.717) is 5.75 Å². The lowest BCUT2D eigenvalue weighted by Crippen LogP contribution is -2.02. The summed E-state index contributed by atoms with van der Waals surface area (Å²) in [6.45, 7) is 2.01. The van der Waals surface area contributed by atoms with Gasteiger partial charge in [-0.1, -0.05) is 54.1 Å². The highest BCUT2D eigenvalue weighted by atomic mass is 32.2. The molecule has 0 bridgehead atoms. The first-order valence-electron chi connectivity index (χ1n) is 6.94. The smallest absolute Gasteiger partial charge is 0.173 e. The number of benzene rings is 3. The zero-order chi connectivity index (χ0) is 14.7. The lowest BCUT2D eigenvalue weighted by molar-refractivity contribution is 0.102. The van der Waals surface area contributed by atoms with E-state index in [2.05, 4.69) is 30.3 Å². The third-order valence-electron chi connectivity index (χ3n) is 3.43. The first-order valence-corrected chi connectivity index (χ1v) is 7.92. The van der Waals surface area contributed by atoms with Crippen LogP contribution in [0, 0.1) is 6.92 Å². The molecule has 0 saturated heterocycles. The summed E-state index contributed by atoms with van der Waals surface area (Å²) in [5, 5.41) is 2.44. The van der Waals surface area contributed by atoms with E-state index in [-0.39, 0.29) is 5.78 Å². The van der Waals surface area contributed by atoms with Crippen molar-refractivity contribution in [3.63, 3.8) is 0 Å². The quantitative estimate of drug-likeness (QED) is 0.490. The molecule has 1 nitrogen and oxygen atoms in total. The molecule has 3 aromatic carbocycles. The van der Waals surface area contributed by atoms with Gasteiger partial charge in [-0.3, -0.25) is 4.79 Å². The van der Waals surface area contributed by atoms with Crippen LogP contribution in [0.4, 0.5) is 0 Å². The average Bonchev–Trinajstić information content (AvgIpc) is 2.52. The van der Waals surface area contributed by atoms with Crippen LogP contribution >= 0.6 is 11.8 Å². The predicted octanol–water partition coefficient (Wildman–Crippen LogP) is 5.12. The highest BCUT2D eigenvalue weighted by Crippen LogP contribution is 2.24. The molecule has 3 rings (SSSR count). The van der Waals surface area contributed by atoms with Crippen molar-refractivity contribution < 1.29 is 4.79 Å². The van der Waals surface area contributed by atoms with E-state index in [1.165, 1.54) is 10.8 Å². The molecule has 0 amide bonds. The van der Waals surface area contributed by atoms with Crippen molar-refractivity contribution in [1.29, 1.82) is 0 Å². The Kier molecular flexibility index (Phi) is 4.07. The Morgan fingerprint density at radius 1 is 0.905 bits per heavy atom. The molecule has 0 fully saturated rings. The molecule has 0 unspecified atom stereocenters. The fourth-order valence-electron chi connectivity index (χ4n) is 2.31. The van der Waals surface area contributed by atoms with Gasteiger partial charge in [-0.05, 0) is 35.9 Å². The molecule has 0 aromatic heterocycles. The van der Waals surface area contributed by atoms with Crippen LogP contribution in [-0.4, -0.2) is 11.5 Å². The van der Waals surface area contributed by atoms with Gasteiger partial charge in [0, 0.05) is 10.5 Å². The molecule has 0 atom stereocenters. The second-order valence-electron chi connectivity index (χ2n) is 5.09. The van der Waals surface area contributed by atoms with Gasteiger partial charge in [0.25, 0.3) is 0 Å². The Bertz CT molecular complexity index is 792. The zero-order valence-electron chi connectivity index (χ0n) is 11.9. The number of hydrogen-bond acceptors (Lipinski definition) is 2. The van der Waals surface area contributed by atoms with Gasteiger partial charge in [-0.2, -0.15) is 0 Å². The van der Waals surface area contributed by atoms with Crippen LogP contribution in [-0.2, 0) is 0 Å². The lowest BCUT2D eigenvalue weighted by Gasteiger charge is -2.04. The lowest BCUT2D eigenvalue weighted by atomic mass is 10.1. The monoisotopic (exact) mass is 292 g/mol. The van der Waals surface area contributed by atoms with E-state index in [1.54, 1.807) is 11.8 Å². The Labute approximate surface area is 129 Å². The Balaban J connectivity index is 1.72. The van der Waals surface area contributed by atoms with Crippen molar-refractivity contribution in [2.75, 3.05) is 5.75 Å². The van der Waals surface area contributed by atoms with Gasteiger partial charge in [0.15, 0.2) is 5.78 Å². The fourth-order valence-corrected chi connectivity index (χ4v) is 3.15. The normalized spacial score (nSPS) is 10.7. The van der Waals surface area contributed by atoms with Crippen molar-refractivity contribution in [2.24, 2.45) is 0 Å². The number of carbonyl (C=O) groups excluding carboxylic acids is 1. The van der Waals surface area contributed by atoms with Crippen LogP contribution in [0.15, 0.2) is 71.6 Å². The third kappa shape index (κ3) is 3.34. The first-order chi connectivity index (χ1) is 10.2. The molecule has 2 heteroatoms. The molecule has 0 saturated carbocycles. The summed E-state index contributed by atoms with van der Waals surface area (Å²) in [6, 6.07) is 22.4. The summed E-state index contributed by atoms with van der Waals surface area (Å²) in [4.78, 5) is 13.3. The summed E-state index contributed by atoms with van der Waals surface area (Å²) in [5.74, 6) is 0.652. The van der Waals surface area contributed by atoms with E-state index in [0.717, 1.165) is 16.0 Å². The number of rotatable bonds is 4. The Morgan fingerprint density at radius 2 is 1.71 bits per heavy atom. The van der Waals surface area contributed by atoms with Crippen LogP contribution in [0.25, 0.3) is 10.8 Å². The highest BCUT2D eigenvalue weighted by molar-refractivity contribution is 8.00. The number of thioether (sulfide) groups is 1. The summed E-state index contributed by atoms with van der Waals surface area (Å²) < 4.78 is 0. The predicted molar refractivity (Wildman–Crippen MR) is 90.2 cm³/mol. The van der Waals surface area contributed by atoms with Crippen molar-refractivity contribution in [3.8, 4) is 0 Å². The Morgan fingerprint density at radius 3 is 2.52 bits per heavy atom. The maximum atomic E-state index is 12.2. The summed E-state index contributed by atoms with van der Waals surface area (Å²) in [6.07, 6.45) is 0. The van der Waals surface area contributed by atoms with Crippen LogP contribution < -0.4 is 0 Å². The standard InChI is InChI=1S/C19H16OS/c1-14-5-4-8-17(11-14)19(20)13-21-18-10-9-15-6-2-3-7-16(15)12-18/h2-12H,13H2,1H3. The van der Waals surface area contributed by atoms with E-state index in [1.807, 2.05) is 43.3 Å². The molecular weight excluding hydrogens is 276 g/mol. The van der Waals surface area contributed by atoms with Gasteiger partial charge < -0.3 is 0 Å². The second-order valence-corrected chi connectivity index (χ2v) is 6.14. The number of aryl methyl sites for hydroxylation is 1. The summed E-state index contributed by atoms with van der Waals surface area (Å²) in [5.41, 5.74) is 1.92. The van der Waals surface area contributed by atoms with Gasteiger partial charge in [0.05, 0.1) is 5.75 Å². The number of fused-ring (bicyclic) bond motifs is 1. The third-order valence-corrected chi connectivity index (χ3v) is 4.42. The molecule has 0 spiro atoms. The summed E-state index contributed by atoms with van der Waals surface area (Å²) in [7, 11) is 0. The first kappa shape index (κ1) is 13.9. The fraction of sp³-hybridized carbons (Fsp3) is 0.105. The number of Topliss-reactive ketones (excluding diaryl/α,β-unsaturated/α-hetero) is 1. The second kappa shape index (κ2) is 6.15. The van der Waals surface area contributed by atoms with Crippen molar-refractivity contribution in [1.82, 2.24) is 0 Å². The molecule has 0 radical (unpaired) electrons. The molecule has 0 N–H and O–H groups in total. The maximum absolute atomic E-state index is 12.2. The van der Waals surface area contributed by atoms with E-state index in [4.69, 9.17) is 0 Å². The van der Waals surface area contributed by atoms with Gasteiger partial charge >= 0.3 is 0 Å². The molecule has 0 aliphatic carbocycles. The van der Waals surface area contributed by atoms with Crippen LogP contribution in [0.1, 0.15) is 15.9 Å². The molecular formula is C19H16OS. The van der Waals surface area contributed by atoms with Crippen LogP contribution in [0.2, 0.25) is 0 Å². The number of ketones is 1.